The van der Waals surface area contributed by atoms with E-state index in [2.05, 4.69) is 5.32 Å². The lowest BCUT2D eigenvalue weighted by Gasteiger charge is -2.12. The van der Waals surface area contributed by atoms with Crippen LogP contribution in [0.4, 0.5) is 0 Å². The summed E-state index contributed by atoms with van der Waals surface area (Å²) >= 11 is 0. The van der Waals surface area contributed by atoms with Gasteiger partial charge in [-0.1, -0.05) is 0 Å². The van der Waals surface area contributed by atoms with Gasteiger partial charge in [0.05, 0.1) is 12.0 Å². The Morgan fingerprint density at radius 3 is 2.69 bits per heavy atom. The molecular formula is C10H14N2O4. The molecule has 0 aromatic carbocycles. The Bertz CT molecular complexity index is 323. The van der Waals surface area contributed by atoms with Crippen LogP contribution in [0.1, 0.15) is 19.8 Å². The Morgan fingerprint density at radius 2 is 2.19 bits per heavy atom. The number of carboxylic acid groups (broad SMARTS) is 1. The molecule has 16 heavy (non-hydrogen) atoms. The normalized spacial score (nSPS) is 25.8. The summed E-state index contributed by atoms with van der Waals surface area (Å²) in [6, 6.07) is 1.99. The summed E-state index contributed by atoms with van der Waals surface area (Å²) in [5.41, 5.74) is 0. The molecule has 0 aliphatic carbocycles. The summed E-state index contributed by atoms with van der Waals surface area (Å²) in [6.07, 6.45) is -0.832. The second-order valence-corrected chi connectivity index (χ2v) is 3.80. The minimum Gasteiger partial charge on any atom is -0.479 e. The van der Waals surface area contributed by atoms with Crippen molar-refractivity contribution in [3.63, 3.8) is 0 Å². The molecule has 0 radical (unpaired) electrons. The van der Waals surface area contributed by atoms with Gasteiger partial charge in [-0.15, -0.1) is 0 Å². The number of hydrogen-bond donors (Lipinski definition) is 2. The summed E-state index contributed by atoms with van der Waals surface area (Å²) in [5.74, 6) is -1.65. The number of carboxylic acids is 1. The fraction of sp³-hybridized carbons (Fsp3) is 0.700. The maximum absolute atomic E-state index is 11.5. The molecule has 0 spiro atoms. The highest BCUT2D eigenvalue weighted by Gasteiger charge is 2.34. The molecule has 0 bridgehead atoms. The minimum absolute atomic E-state index is 0.257. The molecule has 3 atom stereocenters. The minimum atomic E-state index is -1.04. The molecular weight excluding hydrogens is 212 g/mol. The van der Waals surface area contributed by atoms with Crippen LogP contribution in [0.25, 0.3) is 0 Å². The monoisotopic (exact) mass is 226 g/mol. The summed E-state index contributed by atoms with van der Waals surface area (Å²) in [5, 5.41) is 19.7. The number of ether oxygens (including phenoxy) is 1. The number of carbonyl (C=O) groups is 2. The molecule has 2 N–H and O–H groups in total. The molecule has 1 rings (SSSR count). The number of amides is 1. The van der Waals surface area contributed by atoms with Gasteiger partial charge in [0.25, 0.3) is 0 Å². The van der Waals surface area contributed by atoms with Crippen molar-refractivity contribution >= 4 is 11.9 Å². The Kier molecular flexibility index (Phi) is 4.26. The molecule has 1 saturated heterocycles. The summed E-state index contributed by atoms with van der Waals surface area (Å²) in [4.78, 5) is 22.1. The van der Waals surface area contributed by atoms with Crippen LogP contribution in [0.3, 0.4) is 0 Å². The second-order valence-electron chi connectivity index (χ2n) is 3.80. The second kappa shape index (κ2) is 5.47. The van der Waals surface area contributed by atoms with E-state index in [9.17, 15) is 9.59 Å². The smallest absolute Gasteiger partial charge is 0.332 e. The average Bonchev–Trinajstić information content (AvgIpc) is 2.74. The molecule has 0 saturated carbocycles. The largest absolute Gasteiger partial charge is 0.479 e. The van der Waals surface area contributed by atoms with E-state index < -0.39 is 18.2 Å². The Morgan fingerprint density at radius 1 is 1.56 bits per heavy atom. The zero-order valence-electron chi connectivity index (χ0n) is 8.97. The molecule has 0 aromatic heterocycles. The fourth-order valence-electron chi connectivity index (χ4n) is 1.42. The molecule has 6 nitrogen and oxygen atoms in total. The van der Waals surface area contributed by atoms with Gasteiger partial charge in [0, 0.05) is 6.54 Å². The topological polar surface area (TPSA) is 99.4 Å². The first-order chi connectivity index (χ1) is 7.54. The van der Waals surface area contributed by atoms with E-state index in [-0.39, 0.29) is 18.4 Å². The molecule has 1 unspecified atom stereocenters. The predicted octanol–water partition coefficient (Wildman–Crippen LogP) is -0.106. The summed E-state index contributed by atoms with van der Waals surface area (Å²) < 4.78 is 5.06. The first-order valence-corrected chi connectivity index (χ1v) is 5.10. The zero-order chi connectivity index (χ0) is 12.1. The van der Waals surface area contributed by atoms with Gasteiger partial charge in [-0.05, 0) is 19.8 Å². The van der Waals surface area contributed by atoms with Crippen LogP contribution in [-0.2, 0) is 14.3 Å². The van der Waals surface area contributed by atoms with Crippen LogP contribution >= 0.6 is 0 Å². The first-order valence-electron chi connectivity index (χ1n) is 5.10. The highest BCUT2D eigenvalue weighted by atomic mass is 16.5. The standard InChI is InChI=1S/C10H14N2O4/c1-6(4-11)5-12-9(13)7-2-3-8(16-7)10(14)15/h6-8H,2-3,5H2,1H3,(H,12,13)(H,14,15)/t6?,7-,8+/m0/s1. The van der Waals surface area contributed by atoms with Crippen LogP contribution in [0.5, 0.6) is 0 Å². The maximum Gasteiger partial charge on any atom is 0.332 e. The van der Waals surface area contributed by atoms with Gasteiger partial charge < -0.3 is 15.2 Å². The number of nitriles is 1. The van der Waals surface area contributed by atoms with Crippen LogP contribution in [0, 0.1) is 17.2 Å². The van der Waals surface area contributed by atoms with E-state index in [0.29, 0.717) is 12.8 Å². The van der Waals surface area contributed by atoms with Crippen molar-refractivity contribution in [1.29, 1.82) is 5.26 Å². The zero-order valence-corrected chi connectivity index (χ0v) is 8.97. The first kappa shape index (κ1) is 12.5. The average molecular weight is 226 g/mol. The molecule has 1 amide bonds. The van der Waals surface area contributed by atoms with Gasteiger partial charge in [-0.2, -0.15) is 5.26 Å². The third-order valence-electron chi connectivity index (χ3n) is 2.39. The van der Waals surface area contributed by atoms with Crippen LogP contribution in [0.15, 0.2) is 0 Å². The molecule has 6 heteroatoms. The van der Waals surface area contributed by atoms with Crippen molar-refractivity contribution in [3.05, 3.63) is 0 Å². The SMILES string of the molecule is CC(C#N)CNC(=O)[C@@H]1CC[C@H](C(=O)O)O1. The fourth-order valence-corrected chi connectivity index (χ4v) is 1.42. The van der Waals surface area contributed by atoms with Gasteiger partial charge in [0.15, 0.2) is 6.10 Å². The lowest BCUT2D eigenvalue weighted by atomic mass is 10.1. The highest BCUT2D eigenvalue weighted by Crippen LogP contribution is 2.19. The van der Waals surface area contributed by atoms with Gasteiger partial charge in [-0.25, -0.2) is 4.79 Å². The van der Waals surface area contributed by atoms with Crippen LogP contribution < -0.4 is 5.32 Å². The Hall–Kier alpha value is -1.61. The molecule has 1 heterocycles. The van der Waals surface area contributed by atoms with Gasteiger partial charge >= 0.3 is 5.97 Å². The van der Waals surface area contributed by atoms with Gasteiger partial charge in [0.2, 0.25) is 5.91 Å². The van der Waals surface area contributed by atoms with Crippen molar-refractivity contribution in [1.82, 2.24) is 5.32 Å². The van der Waals surface area contributed by atoms with E-state index in [0.717, 1.165) is 0 Å². The van der Waals surface area contributed by atoms with Gasteiger partial charge in [-0.3, -0.25) is 4.79 Å². The van der Waals surface area contributed by atoms with E-state index in [1.165, 1.54) is 0 Å². The van der Waals surface area contributed by atoms with Crippen molar-refractivity contribution in [2.45, 2.75) is 32.0 Å². The van der Waals surface area contributed by atoms with E-state index in [1.54, 1.807) is 6.92 Å². The predicted molar refractivity (Wildman–Crippen MR) is 53.3 cm³/mol. The van der Waals surface area contributed by atoms with E-state index in [4.69, 9.17) is 15.1 Å². The highest BCUT2D eigenvalue weighted by molar-refractivity contribution is 5.82. The number of rotatable bonds is 4. The third-order valence-corrected chi connectivity index (χ3v) is 2.39. The maximum atomic E-state index is 11.5. The number of carbonyl (C=O) groups excluding carboxylic acids is 1. The molecule has 88 valence electrons. The van der Waals surface area contributed by atoms with Crippen molar-refractivity contribution in [3.8, 4) is 6.07 Å². The number of hydrogen-bond acceptors (Lipinski definition) is 4. The summed E-state index contributed by atoms with van der Waals surface area (Å²) in [6.45, 7) is 1.95. The number of nitrogens with one attached hydrogen (secondary N) is 1. The van der Waals surface area contributed by atoms with Crippen molar-refractivity contribution in [2.24, 2.45) is 5.92 Å². The lowest BCUT2D eigenvalue weighted by Crippen LogP contribution is -2.37. The van der Waals surface area contributed by atoms with Gasteiger partial charge in [0.1, 0.15) is 6.10 Å². The van der Waals surface area contributed by atoms with Crippen molar-refractivity contribution < 1.29 is 19.4 Å². The van der Waals surface area contributed by atoms with Crippen molar-refractivity contribution in [2.75, 3.05) is 6.54 Å². The van der Waals surface area contributed by atoms with Crippen LogP contribution in [0.2, 0.25) is 0 Å². The number of nitrogens with zero attached hydrogens (tertiary/aromatic N) is 1. The summed E-state index contributed by atoms with van der Waals surface area (Å²) in [7, 11) is 0. The molecule has 1 aliphatic heterocycles. The molecule has 0 aromatic rings. The quantitative estimate of drug-likeness (QED) is 0.697. The van der Waals surface area contributed by atoms with Crippen LogP contribution in [-0.4, -0.2) is 35.7 Å². The van der Waals surface area contributed by atoms with E-state index in [1.807, 2.05) is 6.07 Å². The third kappa shape index (κ3) is 3.21. The molecule has 1 fully saturated rings. The Balaban J connectivity index is 2.34. The molecule has 1 aliphatic rings. The Labute approximate surface area is 93.2 Å². The van der Waals surface area contributed by atoms with E-state index >= 15 is 0 Å². The number of aliphatic carboxylic acids is 1. The lowest BCUT2D eigenvalue weighted by molar-refractivity contribution is -0.151.